The van der Waals surface area contributed by atoms with Gasteiger partial charge in [0.05, 0.1) is 11.6 Å². The van der Waals surface area contributed by atoms with Gasteiger partial charge in [-0.25, -0.2) is 0 Å². The van der Waals surface area contributed by atoms with Crippen LogP contribution < -0.4 is 0 Å². The SMILES string of the molecule is N#Cc1ccc(CN2CCCN(Cc3cccc(Br)c3)CC2)cc1. The lowest BCUT2D eigenvalue weighted by Crippen LogP contribution is -2.30. The molecule has 1 saturated heterocycles. The summed E-state index contributed by atoms with van der Waals surface area (Å²) in [5.74, 6) is 0. The molecule has 24 heavy (non-hydrogen) atoms. The van der Waals surface area contributed by atoms with E-state index in [1.807, 2.05) is 12.1 Å². The van der Waals surface area contributed by atoms with Crippen molar-refractivity contribution < 1.29 is 0 Å². The first kappa shape index (κ1) is 17.2. The van der Waals surface area contributed by atoms with Crippen LogP contribution >= 0.6 is 15.9 Å². The van der Waals surface area contributed by atoms with E-state index < -0.39 is 0 Å². The highest BCUT2D eigenvalue weighted by molar-refractivity contribution is 9.10. The summed E-state index contributed by atoms with van der Waals surface area (Å²) in [7, 11) is 0. The second kappa shape index (κ2) is 8.43. The van der Waals surface area contributed by atoms with Crippen LogP contribution in [0.1, 0.15) is 23.1 Å². The first-order valence-electron chi connectivity index (χ1n) is 8.41. The largest absolute Gasteiger partial charge is 0.298 e. The number of hydrogen-bond donors (Lipinski definition) is 0. The van der Waals surface area contributed by atoms with Crippen molar-refractivity contribution in [3.63, 3.8) is 0 Å². The van der Waals surface area contributed by atoms with Crippen molar-refractivity contribution in [3.05, 3.63) is 69.7 Å². The van der Waals surface area contributed by atoms with E-state index >= 15 is 0 Å². The van der Waals surface area contributed by atoms with Gasteiger partial charge in [0, 0.05) is 30.7 Å². The van der Waals surface area contributed by atoms with Gasteiger partial charge in [-0.05, 0) is 54.9 Å². The Balaban J connectivity index is 1.53. The predicted molar refractivity (Wildman–Crippen MR) is 100 cm³/mol. The molecule has 0 N–H and O–H groups in total. The summed E-state index contributed by atoms with van der Waals surface area (Å²) in [5, 5.41) is 8.89. The number of nitrogens with zero attached hydrogens (tertiary/aromatic N) is 3. The number of hydrogen-bond acceptors (Lipinski definition) is 3. The minimum atomic E-state index is 0.731. The van der Waals surface area contributed by atoms with E-state index in [0.717, 1.165) is 49.3 Å². The Labute approximate surface area is 152 Å². The molecular formula is C20H22BrN3. The van der Waals surface area contributed by atoms with Crippen LogP contribution in [0.2, 0.25) is 0 Å². The van der Waals surface area contributed by atoms with Crippen LogP contribution in [0.25, 0.3) is 0 Å². The van der Waals surface area contributed by atoms with E-state index in [4.69, 9.17) is 5.26 Å². The van der Waals surface area contributed by atoms with Gasteiger partial charge in [0.25, 0.3) is 0 Å². The van der Waals surface area contributed by atoms with E-state index in [1.54, 1.807) is 0 Å². The minimum Gasteiger partial charge on any atom is -0.298 e. The van der Waals surface area contributed by atoms with Gasteiger partial charge in [-0.3, -0.25) is 9.80 Å². The summed E-state index contributed by atoms with van der Waals surface area (Å²) in [5.41, 5.74) is 3.38. The molecular weight excluding hydrogens is 362 g/mol. The molecule has 0 bridgehead atoms. The molecule has 0 radical (unpaired) electrons. The van der Waals surface area contributed by atoms with Crippen LogP contribution in [0.3, 0.4) is 0 Å². The van der Waals surface area contributed by atoms with Crippen LogP contribution in [0.4, 0.5) is 0 Å². The van der Waals surface area contributed by atoms with Crippen molar-refractivity contribution in [1.29, 1.82) is 5.26 Å². The average Bonchev–Trinajstić information content (AvgIpc) is 2.81. The lowest BCUT2D eigenvalue weighted by atomic mass is 10.1. The van der Waals surface area contributed by atoms with E-state index in [-0.39, 0.29) is 0 Å². The molecule has 0 atom stereocenters. The van der Waals surface area contributed by atoms with E-state index in [1.165, 1.54) is 17.5 Å². The Morgan fingerprint density at radius 1 is 0.875 bits per heavy atom. The first-order valence-corrected chi connectivity index (χ1v) is 9.20. The Bertz CT molecular complexity index is 706. The molecule has 3 rings (SSSR count). The summed E-state index contributed by atoms with van der Waals surface area (Å²) >= 11 is 3.55. The summed E-state index contributed by atoms with van der Waals surface area (Å²) in [6.45, 7) is 6.46. The van der Waals surface area contributed by atoms with Gasteiger partial charge in [-0.2, -0.15) is 5.26 Å². The van der Waals surface area contributed by atoms with Crippen molar-refractivity contribution in [2.45, 2.75) is 19.5 Å². The zero-order chi connectivity index (χ0) is 16.8. The highest BCUT2D eigenvalue weighted by Gasteiger charge is 2.15. The third-order valence-corrected chi connectivity index (χ3v) is 4.96. The predicted octanol–water partition coefficient (Wildman–Crippen LogP) is 4.03. The zero-order valence-electron chi connectivity index (χ0n) is 13.8. The summed E-state index contributed by atoms with van der Waals surface area (Å²) in [6.07, 6.45) is 1.20. The maximum absolute atomic E-state index is 8.89. The molecule has 1 aliphatic rings. The Morgan fingerprint density at radius 2 is 1.54 bits per heavy atom. The molecule has 0 spiro atoms. The highest BCUT2D eigenvalue weighted by Crippen LogP contribution is 2.15. The molecule has 124 valence electrons. The van der Waals surface area contributed by atoms with Gasteiger partial charge in [-0.1, -0.05) is 40.2 Å². The van der Waals surface area contributed by atoms with Crippen LogP contribution in [-0.2, 0) is 13.1 Å². The Kier molecular flexibility index (Phi) is 6.03. The van der Waals surface area contributed by atoms with Gasteiger partial charge in [0.2, 0.25) is 0 Å². The van der Waals surface area contributed by atoms with Crippen LogP contribution in [0.5, 0.6) is 0 Å². The van der Waals surface area contributed by atoms with E-state index in [0.29, 0.717) is 0 Å². The van der Waals surface area contributed by atoms with Crippen molar-refractivity contribution in [2.75, 3.05) is 26.2 Å². The van der Waals surface area contributed by atoms with Gasteiger partial charge in [0.1, 0.15) is 0 Å². The number of benzene rings is 2. The third-order valence-electron chi connectivity index (χ3n) is 4.47. The highest BCUT2D eigenvalue weighted by atomic mass is 79.9. The normalized spacial score (nSPS) is 16.5. The summed E-state index contributed by atoms with van der Waals surface area (Å²) in [4.78, 5) is 5.06. The number of rotatable bonds is 4. The first-order chi connectivity index (χ1) is 11.7. The van der Waals surface area contributed by atoms with Crippen LogP contribution in [-0.4, -0.2) is 36.0 Å². The Morgan fingerprint density at radius 3 is 2.17 bits per heavy atom. The fourth-order valence-electron chi connectivity index (χ4n) is 3.18. The second-order valence-electron chi connectivity index (χ2n) is 6.34. The number of nitriles is 1. The third kappa shape index (κ3) is 4.91. The topological polar surface area (TPSA) is 30.3 Å². The Hall–Kier alpha value is -1.67. The number of halogens is 1. The van der Waals surface area contributed by atoms with E-state index in [2.05, 4.69) is 68.2 Å². The molecule has 0 unspecified atom stereocenters. The zero-order valence-corrected chi connectivity index (χ0v) is 15.4. The molecule has 2 aromatic carbocycles. The molecule has 3 nitrogen and oxygen atoms in total. The van der Waals surface area contributed by atoms with Crippen molar-refractivity contribution >= 4 is 15.9 Å². The van der Waals surface area contributed by atoms with Crippen molar-refractivity contribution in [2.24, 2.45) is 0 Å². The average molecular weight is 384 g/mol. The van der Waals surface area contributed by atoms with Gasteiger partial charge < -0.3 is 0 Å². The smallest absolute Gasteiger partial charge is 0.0991 e. The maximum Gasteiger partial charge on any atom is 0.0991 e. The monoisotopic (exact) mass is 383 g/mol. The maximum atomic E-state index is 8.89. The molecule has 2 aromatic rings. The molecule has 1 fully saturated rings. The van der Waals surface area contributed by atoms with Crippen molar-refractivity contribution in [3.8, 4) is 6.07 Å². The lowest BCUT2D eigenvalue weighted by Gasteiger charge is -2.22. The van der Waals surface area contributed by atoms with Crippen LogP contribution in [0.15, 0.2) is 53.0 Å². The van der Waals surface area contributed by atoms with Crippen molar-refractivity contribution in [1.82, 2.24) is 9.80 Å². The molecule has 1 heterocycles. The molecule has 0 saturated carbocycles. The van der Waals surface area contributed by atoms with Crippen LogP contribution in [0, 0.1) is 11.3 Å². The minimum absolute atomic E-state index is 0.731. The molecule has 1 aliphatic heterocycles. The second-order valence-corrected chi connectivity index (χ2v) is 7.26. The van der Waals surface area contributed by atoms with Gasteiger partial charge in [0.15, 0.2) is 0 Å². The standard InChI is InChI=1S/C20H22BrN3/c21-20-4-1-3-19(13-20)16-24-10-2-9-23(11-12-24)15-18-7-5-17(14-22)6-8-18/h1,3-8,13H,2,9-12,15-16H2. The molecule has 0 amide bonds. The van der Waals surface area contributed by atoms with Gasteiger partial charge in [-0.15, -0.1) is 0 Å². The fraction of sp³-hybridized carbons (Fsp3) is 0.350. The molecule has 0 aliphatic carbocycles. The molecule has 4 heteroatoms. The van der Waals surface area contributed by atoms with E-state index in [9.17, 15) is 0 Å². The summed E-state index contributed by atoms with van der Waals surface area (Å²) < 4.78 is 1.15. The van der Waals surface area contributed by atoms with Gasteiger partial charge >= 0.3 is 0 Å². The lowest BCUT2D eigenvalue weighted by molar-refractivity contribution is 0.247. The fourth-order valence-corrected chi connectivity index (χ4v) is 3.62. The summed E-state index contributed by atoms with van der Waals surface area (Å²) in [6, 6.07) is 18.7. The molecule has 0 aromatic heterocycles. The quantitative estimate of drug-likeness (QED) is 0.798.